The van der Waals surface area contributed by atoms with E-state index in [1.165, 1.54) is 96.3 Å². The molecular formula is C22H46N2O. The topological polar surface area (TPSA) is 55.1 Å². The van der Waals surface area contributed by atoms with Crippen LogP contribution in [0.2, 0.25) is 0 Å². The van der Waals surface area contributed by atoms with Crippen LogP contribution >= 0.6 is 0 Å². The van der Waals surface area contributed by atoms with Crippen LogP contribution < -0.4 is 11.1 Å². The Kier molecular flexibility index (Phi) is 21.0. The molecule has 0 bridgehead atoms. The molecule has 0 aromatic heterocycles. The molecule has 0 saturated heterocycles. The van der Waals surface area contributed by atoms with Crippen LogP contribution in [0.4, 0.5) is 0 Å². The van der Waals surface area contributed by atoms with Gasteiger partial charge in [0.1, 0.15) is 0 Å². The lowest BCUT2D eigenvalue weighted by Gasteiger charge is -2.06. The maximum absolute atomic E-state index is 11.8. The highest BCUT2D eigenvalue weighted by molar-refractivity contribution is 5.75. The summed E-state index contributed by atoms with van der Waals surface area (Å²) in [4.78, 5) is 11.8. The number of amides is 1. The van der Waals surface area contributed by atoms with Crippen molar-refractivity contribution >= 4 is 5.91 Å². The van der Waals surface area contributed by atoms with Crippen LogP contribution in [0.15, 0.2) is 0 Å². The van der Waals surface area contributed by atoms with E-state index in [4.69, 9.17) is 5.73 Å². The zero-order valence-corrected chi connectivity index (χ0v) is 17.1. The highest BCUT2D eigenvalue weighted by Crippen LogP contribution is 2.10. The van der Waals surface area contributed by atoms with Gasteiger partial charge in [-0.05, 0) is 25.8 Å². The Morgan fingerprint density at radius 3 is 1.60 bits per heavy atom. The smallest absolute Gasteiger partial charge is 0.219 e. The van der Waals surface area contributed by atoms with Gasteiger partial charge in [-0.3, -0.25) is 4.79 Å². The molecule has 25 heavy (non-hydrogen) atoms. The monoisotopic (exact) mass is 354 g/mol. The van der Waals surface area contributed by atoms with Crippen molar-refractivity contribution in [2.45, 2.75) is 122 Å². The summed E-state index contributed by atoms with van der Waals surface area (Å²) in [5.74, 6) is 0.254. The number of rotatable bonds is 20. The molecular weight excluding hydrogens is 308 g/mol. The third kappa shape index (κ3) is 21.4. The Morgan fingerprint density at radius 1 is 0.640 bits per heavy atom. The van der Waals surface area contributed by atoms with Gasteiger partial charge in [0.05, 0.1) is 0 Å². The molecule has 0 radical (unpaired) electrons. The number of hydrogen-bond donors (Lipinski definition) is 2. The van der Waals surface area contributed by atoms with Gasteiger partial charge in [-0.25, -0.2) is 0 Å². The van der Waals surface area contributed by atoms with Crippen molar-refractivity contribution in [1.82, 2.24) is 5.32 Å². The first-order valence-electron chi connectivity index (χ1n) is 11.3. The van der Waals surface area contributed by atoms with Crippen LogP contribution in [0.3, 0.4) is 0 Å². The summed E-state index contributed by atoms with van der Waals surface area (Å²) in [7, 11) is 0. The number of carbonyl (C=O) groups excluding carboxylic acids is 1. The normalized spacial score (nSPS) is 11.0. The Labute approximate surface area is 157 Å². The van der Waals surface area contributed by atoms with Gasteiger partial charge in [0.15, 0.2) is 0 Å². The van der Waals surface area contributed by atoms with Gasteiger partial charge >= 0.3 is 0 Å². The van der Waals surface area contributed by atoms with Crippen LogP contribution in [0.1, 0.15) is 122 Å². The van der Waals surface area contributed by atoms with E-state index in [1.54, 1.807) is 0 Å². The molecule has 150 valence electrons. The van der Waals surface area contributed by atoms with E-state index in [1.807, 2.05) is 0 Å². The summed E-state index contributed by atoms with van der Waals surface area (Å²) >= 11 is 0. The van der Waals surface area contributed by atoms with E-state index in [0.29, 0.717) is 0 Å². The second-order valence-corrected chi connectivity index (χ2v) is 7.55. The number of carbonyl (C=O) groups is 1. The molecule has 0 unspecified atom stereocenters. The average Bonchev–Trinajstić information content (AvgIpc) is 2.62. The van der Waals surface area contributed by atoms with E-state index < -0.39 is 0 Å². The second-order valence-electron chi connectivity index (χ2n) is 7.55. The van der Waals surface area contributed by atoms with Crippen molar-refractivity contribution < 1.29 is 4.79 Å². The molecule has 3 N–H and O–H groups in total. The fraction of sp³-hybridized carbons (Fsp3) is 0.955. The van der Waals surface area contributed by atoms with E-state index in [-0.39, 0.29) is 5.91 Å². The molecule has 3 heteroatoms. The molecule has 0 heterocycles. The molecule has 1 amide bonds. The maximum Gasteiger partial charge on any atom is 0.219 e. The predicted molar refractivity (Wildman–Crippen MR) is 111 cm³/mol. The fourth-order valence-corrected chi connectivity index (χ4v) is 3.24. The van der Waals surface area contributed by atoms with Crippen LogP contribution in [-0.2, 0) is 4.79 Å². The van der Waals surface area contributed by atoms with Crippen molar-refractivity contribution in [2.75, 3.05) is 13.1 Å². The third-order valence-corrected chi connectivity index (χ3v) is 4.96. The summed E-state index contributed by atoms with van der Waals surface area (Å²) in [5.41, 5.74) is 5.49. The Bertz CT molecular complexity index is 269. The molecule has 0 spiro atoms. The quantitative estimate of drug-likeness (QED) is 0.259. The molecule has 0 atom stereocenters. The van der Waals surface area contributed by atoms with Gasteiger partial charge in [-0.1, -0.05) is 96.8 Å². The predicted octanol–water partition coefficient (Wildman–Crippen LogP) is 6.10. The van der Waals surface area contributed by atoms with Gasteiger partial charge in [-0.2, -0.15) is 0 Å². The fourth-order valence-electron chi connectivity index (χ4n) is 3.24. The maximum atomic E-state index is 11.8. The molecule has 0 rings (SSSR count). The van der Waals surface area contributed by atoms with E-state index in [0.717, 1.165) is 32.4 Å². The van der Waals surface area contributed by atoms with Crippen molar-refractivity contribution in [1.29, 1.82) is 0 Å². The van der Waals surface area contributed by atoms with Crippen molar-refractivity contribution in [2.24, 2.45) is 5.73 Å². The minimum absolute atomic E-state index is 0.254. The molecule has 0 aromatic rings. The molecule has 0 aliphatic rings. The van der Waals surface area contributed by atoms with Crippen LogP contribution in [-0.4, -0.2) is 19.0 Å². The number of nitrogens with two attached hydrogens (primary N) is 1. The zero-order valence-electron chi connectivity index (χ0n) is 17.1. The third-order valence-electron chi connectivity index (χ3n) is 4.96. The van der Waals surface area contributed by atoms with Gasteiger partial charge in [0.25, 0.3) is 0 Å². The SMILES string of the molecule is CCCCCCCCCCCC(=O)NCCCCCCCCCCN. The van der Waals surface area contributed by atoms with E-state index in [9.17, 15) is 4.79 Å². The lowest BCUT2D eigenvalue weighted by Crippen LogP contribution is -2.23. The van der Waals surface area contributed by atoms with E-state index in [2.05, 4.69) is 12.2 Å². The highest BCUT2D eigenvalue weighted by Gasteiger charge is 2.00. The summed E-state index contributed by atoms with van der Waals surface area (Å²) in [6.45, 7) is 3.96. The van der Waals surface area contributed by atoms with Crippen molar-refractivity contribution in [3.63, 3.8) is 0 Å². The van der Waals surface area contributed by atoms with Gasteiger partial charge in [-0.15, -0.1) is 0 Å². The molecule has 0 aliphatic heterocycles. The highest BCUT2D eigenvalue weighted by atomic mass is 16.1. The Balaban J connectivity index is 3.13. The zero-order chi connectivity index (χ0) is 18.4. The van der Waals surface area contributed by atoms with Gasteiger partial charge < -0.3 is 11.1 Å². The largest absolute Gasteiger partial charge is 0.356 e. The second kappa shape index (κ2) is 21.5. The number of unbranched alkanes of at least 4 members (excludes halogenated alkanes) is 15. The molecule has 0 aliphatic carbocycles. The lowest BCUT2D eigenvalue weighted by atomic mass is 10.1. The summed E-state index contributed by atoms with van der Waals surface area (Å²) in [6, 6.07) is 0. The summed E-state index contributed by atoms with van der Waals surface area (Å²) in [6.07, 6.45) is 22.6. The first-order valence-corrected chi connectivity index (χ1v) is 11.3. The minimum atomic E-state index is 0.254. The van der Waals surface area contributed by atoms with E-state index >= 15 is 0 Å². The summed E-state index contributed by atoms with van der Waals surface area (Å²) in [5, 5.41) is 3.07. The molecule has 0 fully saturated rings. The number of nitrogens with one attached hydrogen (secondary N) is 1. The van der Waals surface area contributed by atoms with Crippen LogP contribution in [0.25, 0.3) is 0 Å². The standard InChI is InChI=1S/C22H46N2O/c1-2-3-4-5-6-7-10-13-16-19-22(25)24-21-18-15-12-9-8-11-14-17-20-23/h2-21,23H2,1H3,(H,24,25). The van der Waals surface area contributed by atoms with Gasteiger partial charge in [0, 0.05) is 13.0 Å². The Hall–Kier alpha value is -0.570. The molecule has 3 nitrogen and oxygen atoms in total. The minimum Gasteiger partial charge on any atom is -0.356 e. The van der Waals surface area contributed by atoms with Gasteiger partial charge in [0.2, 0.25) is 5.91 Å². The van der Waals surface area contributed by atoms with Crippen molar-refractivity contribution in [3.05, 3.63) is 0 Å². The van der Waals surface area contributed by atoms with Crippen molar-refractivity contribution in [3.8, 4) is 0 Å². The van der Waals surface area contributed by atoms with Crippen LogP contribution in [0.5, 0.6) is 0 Å². The summed E-state index contributed by atoms with van der Waals surface area (Å²) < 4.78 is 0. The Morgan fingerprint density at radius 2 is 1.08 bits per heavy atom. The molecule has 0 saturated carbocycles. The van der Waals surface area contributed by atoms with Crippen LogP contribution in [0, 0.1) is 0 Å². The molecule has 0 aromatic carbocycles. The lowest BCUT2D eigenvalue weighted by molar-refractivity contribution is -0.121. The first kappa shape index (κ1) is 24.4. The average molecular weight is 355 g/mol. The first-order chi connectivity index (χ1) is 12.3. The number of hydrogen-bond acceptors (Lipinski definition) is 2.